The van der Waals surface area contributed by atoms with Crippen molar-refractivity contribution in [1.29, 1.82) is 0 Å². The summed E-state index contributed by atoms with van der Waals surface area (Å²) in [6.07, 6.45) is 11.1. The Kier molecular flexibility index (Phi) is 8.31. The first-order valence-electron chi connectivity index (χ1n) is 15.9. The van der Waals surface area contributed by atoms with Gasteiger partial charge in [0.15, 0.2) is 8.32 Å². The quantitative estimate of drug-likeness (QED) is 0.334. The van der Waals surface area contributed by atoms with E-state index in [0.29, 0.717) is 59.2 Å². The minimum Gasteiger partial charge on any atom is -0.414 e. The summed E-state index contributed by atoms with van der Waals surface area (Å²) >= 11 is 0. The van der Waals surface area contributed by atoms with Crippen molar-refractivity contribution in [2.75, 3.05) is 0 Å². The van der Waals surface area contributed by atoms with Crippen molar-refractivity contribution >= 4 is 14.1 Å². The van der Waals surface area contributed by atoms with Crippen LogP contribution in [0.4, 0.5) is 0 Å². The fourth-order valence-corrected chi connectivity index (χ4v) is 11.2. The Morgan fingerprint density at radius 3 is 2.27 bits per heavy atom. The lowest BCUT2D eigenvalue weighted by molar-refractivity contribution is -0.169. The van der Waals surface area contributed by atoms with Crippen LogP contribution >= 0.6 is 0 Å². The summed E-state index contributed by atoms with van der Waals surface area (Å²) in [4.78, 5) is 12.3. The van der Waals surface area contributed by atoms with Gasteiger partial charge in [-0.15, -0.1) is 0 Å². The Morgan fingerprint density at radius 1 is 1.00 bits per heavy atom. The van der Waals surface area contributed by atoms with Gasteiger partial charge in [-0.3, -0.25) is 4.79 Å². The molecule has 0 aromatic carbocycles. The summed E-state index contributed by atoms with van der Waals surface area (Å²) in [5.41, 5.74) is 0.608. The zero-order chi connectivity index (χ0) is 27.6. The van der Waals surface area contributed by atoms with Crippen LogP contribution in [0.3, 0.4) is 0 Å². The van der Waals surface area contributed by atoms with Crippen molar-refractivity contribution in [2.24, 2.45) is 52.3 Å². The molecule has 0 heterocycles. The number of rotatable bonds is 7. The largest absolute Gasteiger partial charge is 0.414 e. The fourth-order valence-electron chi connectivity index (χ4n) is 9.70. The van der Waals surface area contributed by atoms with Gasteiger partial charge in [-0.2, -0.15) is 0 Å². The summed E-state index contributed by atoms with van der Waals surface area (Å²) < 4.78 is 6.94. The molecular weight excluding hydrogens is 472 g/mol. The molecule has 0 radical (unpaired) electrons. The van der Waals surface area contributed by atoms with Gasteiger partial charge in [0.05, 0.1) is 6.10 Å². The Morgan fingerprint density at radius 2 is 1.65 bits per heavy atom. The van der Waals surface area contributed by atoms with Crippen LogP contribution in [0.2, 0.25) is 18.1 Å². The Bertz CT molecular complexity index is 830. The van der Waals surface area contributed by atoms with Crippen molar-refractivity contribution in [3.05, 3.63) is 0 Å². The van der Waals surface area contributed by atoms with Gasteiger partial charge in [0.25, 0.3) is 0 Å². The molecule has 4 aliphatic rings. The molecule has 4 saturated carbocycles. The monoisotopic (exact) mass is 532 g/mol. The third-order valence-electron chi connectivity index (χ3n) is 13.2. The highest BCUT2D eigenvalue weighted by molar-refractivity contribution is 6.74. The first-order valence-corrected chi connectivity index (χ1v) is 18.8. The van der Waals surface area contributed by atoms with E-state index in [1.54, 1.807) is 0 Å². The van der Waals surface area contributed by atoms with E-state index in [2.05, 4.69) is 68.5 Å². The number of hydrogen-bond donors (Lipinski definition) is 1. The van der Waals surface area contributed by atoms with Gasteiger partial charge in [-0.05, 0) is 122 Å². The molecule has 4 heteroatoms. The number of aliphatic hydroxyl groups excluding tert-OH is 1. The maximum absolute atomic E-state index is 12.3. The molecule has 0 bridgehead atoms. The molecule has 4 fully saturated rings. The molecule has 4 rings (SSSR count). The van der Waals surface area contributed by atoms with Gasteiger partial charge < -0.3 is 9.53 Å². The second kappa shape index (κ2) is 10.3. The van der Waals surface area contributed by atoms with E-state index in [4.69, 9.17) is 4.43 Å². The molecular formula is C33H60O3Si. The Hall–Kier alpha value is -0.193. The summed E-state index contributed by atoms with van der Waals surface area (Å²) in [6.45, 7) is 24.1. The lowest BCUT2D eigenvalue weighted by atomic mass is 9.44. The summed E-state index contributed by atoms with van der Waals surface area (Å²) in [7, 11) is -1.78. The average molecular weight is 533 g/mol. The van der Waals surface area contributed by atoms with Gasteiger partial charge in [-0.1, -0.05) is 55.4 Å². The van der Waals surface area contributed by atoms with E-state index >= 15 is 0 Å². The first kappa shape index (κ1) is 29.8. The second-order valence-electron chi connectivity index (χ2n) is 16.5. The lowest BCUT2D eigenvalue weighted by Crippen LogP contribution is -2.58. The van der Waals surface area contributed by atoms with Gasteiger partial charge in [-0.25, -0.2) is 0 Å². The molecule has 0 saturated heterocycles. The minimum atomic E-state index is -1.78. The highest BCUT2D eigenvalue weighted by atomic mass is 28.4. The molecule has 3 nitrogen and oxygen atoms in total. The minimum absolute atomic E-state index is 0.212. The van der Waals surface area contributed by atoms with Crippen molar-refractivity contribution < 1.29 is 14.3 Å². The van der Waals surface area contributed by atoms with E-state index in [0.717, 1.165) is 25.2 Å². The van der Waals surface area contributed by atoms with E-state index in [9.17, 15) is 9.90 Å². The molecule has 0 aromatic heterocycles. The highest BCUT2D eigenvalue weighted by Gasteiger charge is 2.62. The molecule has 4 aliphatic carbocycles. The molecule has 214 valence electrons. The van der Waals surface area contributed by atoms with Gasteiger partial charge in [0.1, 0.15) is 5.78 Å². The molecule has 10 atom stereocenters. The topological polar surface area (TPSA) is 46.5 Å². The summed E-state index contributed by atoms with van der Waals surface area (Å²) in [5, 5.41) is 11.8. The number of aliphatic hydroxyl groups is 1. The standard InChI is InChI=1S/C33H60O3Si/c1-21(2)29(36-37(9,10)31(4,5)6)14-11-22(3)25-12-13-26-30-27(16-18-33(25,26)8)32(7)17-15-24(34)19-23(32)20-28(30)35/h21-23,25-30,35H,11-20H2,1-10H3/t22-,23?,25-,26+,27+,28?,29?,30+,32+,33-/m1/s1. The van der Waals surface area contributed by atoms with E-state index in [1.807, 2.05) is 0 Å². The molecule has 37 heavy (non-hydrogen) atoms. The van der Waals surface area contributed by atoms with E-state index in [1.165, 1.54) is 38.5 Å². The predicted octanol–water partition coefficient (Wildman–Crippen LogP) is 8.65. The molecule has 3 unspecified atom stereocenters. The number of hydrogen-bond acceptors (Lipinski definition) is 3. The van der Waals surface area contributed by atoms with Crippen molar-refractivity contribution in [3.8, 4) is 0 Å². The zero-order valence-corrected chi connectivity index (χ0v) is 27.0. The van der Waals surface area contributed by atoms with Crippen LogP contribution in [0.1, 0.15) is 120 Å². The van der Waals surface area contributed by atoms with Gasteiger partial charge in [0, 0.05) is 18.9 Å². The molecule has 0 aliphatic heterocycles. The SMILES string of the molecule is CC(C)C(CC[C@@H](C)[C@H]1CC[C@H]2[C@@H]3C(O)CC4CC(=O)CC[C@]4(C)[C@H]3CC[C@]12C)O[Si](C)(C)C(C)(C)C. The fraction of sp³-hybridized carbons (Fsp3) is 0.970. The number of fused-ring (bicyclic) bond motifs is 5. The van der Waals surface area contributed by atoms with Crippen LogP contribution in [0.5, 0.6) is 0 Å². The maximum Gasteiger partial charge on any atom is 0.192 e. The normalized spacial score (nSPS) is 42.2. The van der Waals surface area contributed by atoms with Crippen LogP contribution in [0, 0.1) is 52.3 Å². The average Bonchev–Trinajstić information content (AvgIpc) is 3.14. The lowest BCUT2D eigenvalue weighted by Gasteiger charge is -2.62. The molecule has 1 N–H and O–H groups in total. The summed E-state index contributed by atoms with van der Waals surface area (Å²) in [5.74, 6) is 4.53. The zero-order valence-electron chi connectivity index (χ0n) is 26.0. The van der Waals surface area contributed by atoms with Crippen LogP contribution in [0.15, 0.2) is 0 Å². The van der Waals surface area contributed by atoms with Crippen LogP contribution in [-0.4, -0.2) is 31.4 Å². The van der Waals surface area contributed by atoms with Crippen molar-refractivity contribution in [1.82, 2.24) is 0 Å². The maximum atomic E-state index is 12.3. The van der Waals surface area contributed by atoms with Crippen molar-refractivity contribution in [3.63, 3.8) is 0 Å². The first-order chi connectivity index (χ1) is 17.0. The predicted molar refractivity (Wildman–Crippen MR) is 157 cm³/mol. The van der Waals surface area contributed by atoms with Crippen LogP contribution < -0.4 is 0 Å². The highest BCUT2D eigenvalue weighted by Crippen LogP contribution is 2.68. The van der Waals surface area contributed by atoms with Gasteiger partial charge >= 0.3 is 0 Å². The smallest absolute Gasteiger partial charge is 0.192 e. The van der Waals surface area contributed by atoms with E-state index < -0.39 is 8.32 Å². The second-order valence-corrected chi connectivity index (χ2v) is 21.2. The Labute approximate surface area is 230 Å². The molecule has 0 spiro atoms. The number of carbonyl (C=O) groups is 1. The van der Waals surface area contributed by atoms with Gasteiger partial charge in [0.2, 0.25) is 0 Å². The summed E-state index contributed by atoms with van der Waals surface area (Å²) in [6, 6.07) is 0. The number of carbonyl (C=O) groups excluding carboxylic acids is 1. The number of ketones is 1. The van der Waals surface area contributed by atoms with E-state index in [-0.39, 0.29) is 16.6 Å². The molecule has 0 aromatic rings. The third kappa shape index (κ3) is 5.31. The third-order valence-corrected chi connectivity index (χ3v) is 17.7. The number of Topliss-reactive ketones (excluding diaryl/α,β-unsaturated/α-hetero) is 1. The molecule has 0 amide bonds. The van der Waals surface area contributed by atoms with Crippen LogP contribution in [-0.2, 0) is 9.22 Å². The van der Waals surface area contributed by atoms with Crippen molar-refractivity contribution in [2.45, 2.75) is 150 Å². The Balaban J connectivity index is 1.45. The van der Waals surface area contributed by atoms with Crippen LogP contribution in [0.25, 0.3) is 0 Å².